The van der Waals surface area contributed by atoms with Crippen LogP contribution >= 0.6 is 0 Å². The van der Waals surface area contributed by atoms with E-state index in [0.717, 1.165) is 0 Å². The molecule has 5 nitrogen and oxygen atoms in total. The van der Waals surface area contributed by atoms with E-state index < -0.39 is 0 Å². The number of para-hydroxylation sites is 1. The smallest absolute Gasteiger partial charge is 0.258 e. The maximum atomic E-state index is 12.6. The lowest BCUT2D eigenvalue weighted by molar-refractivity contribution is 0.00342. The van der Waals surface area contributed by atoms with E-state index in [1.165, 1.54) is 0 Å². The fourth-order valence-corrected chi connectivity index (χ4v) is 2.21. The Hall–Kier alpha value is -1.75. The van der Waals surface area contributed by atoms with Crippen LogP contribution in [0.5, 0.6) is 5.75 Å². The lowest BCUT2D eigenvalue weighted by atomic mass is 10.1. The van der Waals surface area contributed by atoms with Crippen molar-refractivity contribution in [2.75, 3.05) is 32.1 Å². The zero-order valence-corrected chi connectivity index (χ0v) is 11.4. The molecule has 0 unspecified atom stereocenters. The van der Waals surface area contributed by atoms with Gasteiger partial charge in [-0.3, -0.25) is 4.79 Å². The van der Waals surface area contributed by atoms with Crippen molar-refractivity contribution in [3.8, 4) is 5.75 Å². The number of benzene rings is 1. The molecule has 1 aliphatic heterocycles. The SMILES string of the molecule is CCOc1c(N)cccc1C(=O)N1CCOC[C@H]1C. The molecule has 1 aromatic rings. The van der Waals surface area contributed by atoms with Crippen LogP contribution in [-0.4, -0.2) is 43.2 Å². The molecule has 19 heavy (non-hydrogen) atoms. The minimum atomic E-state index is -0.0495. The lowest BCUT2D eigenvalue weighted by Crippen LogP contribution is -2.47. The van der Waals surface area contributed by atoms with Crippen molar-refractivity contribution in [1.29, 1.82) is 0 Å². The van der Waals surface area contributed by atoms with Gasteiger partial charge in [0.1, 0.15) is 0 Å². The fraction of sp³-hybridized carbons (Fsp3) is 0.500. The van der Waals surface area contributed by atoms with E-state index in [0.29, 0.717) is 43.4 Å². The standard InChI is InChI=1S/C14H20N2O3/c1-3-19-13-11(5-4-6-12(13)15)14(17)16-7-8-18-9-10(16)2/h4-6,10H,3,7-9,15H2,1-2H3/t10-/m1/s1. The number of nitrogen functional groups attached to an aromatic ring is 1. The zero-order chi connectivity index (χ0) is 13.8. The summed E-state index contributed by atoms with van der Waals surface area (Å²) >= 11 is 0. The average molecular weight is 264 g/mol. The number of hydrogen-bond donors (Lipinski definition) is 1. The van der Waals surface area contributed by atoms with Gasteiger partial charge in [-0.25, -0.2) is 0 Å². The van der Waals surface area contributed by atoms with Gasteiger partial charge in [0.2, 0.25) is 0 Å². The van der Waals surface area contributed by atoms with Crippen molar-refractivity contribution < 1.29 is 14.3 Å². The molecule has 0 aromatic heterocycles. The zero-order valence-electron chi connectivity index (χ0n) is 11.4. The minimum Gasteiger partial charge on any atom is -0.491 e. The summed E-state index contributed by atoms with van der Waals surface area (Å²) in [6, 6.07) is 5.34. The molecule has 1 aliphatic rings. The van der Waals surface area contributed by atoms with Crippen LogP contribution < -0.4 is 10.5 Å². The van der Waals surface area contributed by atoms with Crippen LogP contribution in [0.4, 0.5) is 5.69 Å². The van der Waals surface area contributed by atoms with Gasteiger partial charge in [0.15, 0.2) is 5.75 Å². The summed E-state index contributed by atoms with van der Waals surface area (Å²) in [5.74, 6) is 0.431. The maximum absolute atomic E-state index is 12.6. The molecular formula is C14H20N2O3. The lowest BCUT2D eigenvalue weighted by Gasteiger charge is -2.33. The first-order valence-corrected chi connectivity index (χ1v) is 6.55. The van der Waals surface area contributed by atoms with Crippen LogP contribution in [-0.2, 0) is 4.74 Å². The van der Waals surface area contributed by atoms with Crippen LogP contribution in [0.1, 0.15) is 24.2 Å². The van der Waals surface area contributed by atoms with Crippen molar-refractivity contribution in [2.24, 2.45) is 0 Å². The third kappa shape index (κ3) is 2.81. The normalized spacial score (nSPS) is 19.3. The van der Waals surface area contributed by atoms with Crippen LogP contribution in [0.2, 0.25) is 0 Å². The number of carbonyl (C=O) groups excluding carboxylic acids is 1. The van der Waals surface area contributed by atoms with Gasteiger partial charge in [0.05, 0.1) is 37.1 Å². The molecule has 0 bridgehead atoms. The summed E-state index contributed by atoms with van der Waals surface area (Å²) in [5.41, 5.74) is 6.91. The quantitative estimate of drug-likeness (QED) is 0.841. The van der Waals surface area contributed by atoms with E-state index in [-0.39, 0.29) is 11.9 Å². The molecule has 0 spiro atoms. The molecule has 2 N–H and O–H groups in total. The second-order valence-electron chi connectivity index (χ2n) is 4.58. The summed E-state index contributed by atoms with van der Waals surface area (Å²) in [6.45, 7) is 6.07. The monoisotopic (exact) mass is 264 g/mol. The number of amides is 1. The number of carbonyl (C=O) groups is 1. The third-order valence-electron chi connectivity index (χ3n) is 3.19. The molecule has 0 aliphatic carbocycles. The van der Waals surface area contributed by atoms with Gasteiger partial charge in [-0.1, -0.05) is 6.07 Å². The number of anilines is 1. The first kappa shape index (κ1) is 13.7. The Labute approximate surface area is 113 Å². The Bertz CT molecular complexity index is 462. The van der Waals surface area contributed by atoms with Crippen molar-refractivity contribution in [3.63, 3.8) is 0 Å². The minimum absolute atomic E-state index is 0.0495. The number of rotatable bonds is 3. The second kappa shape index (κ2) is 5.93. The molecule has 5 heteroatoms. The number of nitrogens with two attached hydrogens (primary N) is 1. The van der Waals surface area contributed by atoms with Gasteiger partial charge in [-0.2, -0.15) is 0 Å². The second-order valence-corrected chi connectivity index (χ2v) is 4.58. The van der Waals surface area contributed by atoms with Gasteiger partial charge < -0.3 is 20.1 Å². The van der Waals surface area contributed by atoms with Gasteiger partial charge in [0, 0.05) is 6.54 Å². The van der Waals surface area contributed by atoms with E-state index >= 15 is 0 Å². The molecule has 0 saturated carbocycles. The Kier molecular flexibility index (Phi) is 4.27. The highest BCUT2D eigenvalue weighted by atomic mass is 16.5. The van der Waals surface area contributed by atoms with Gasteiger partial charge in [0.25, 0.3) is 5.91 Å². The number of morpholine rings is 1. The van der Waals surface area contributed by atoms with E-state index in [9.17, 15) is 4.79 Å². The number of nitrogens with zero attached hydrogens (tertiary/aromatic N) is 1. The molecule has 1 amide bonds. The van der Waals surface area contributed by atoms with Crippen molar-refractivity contribution in [3.05, 3.63) is 23.8 Å². The van der Waals surface area contributed by atoms with Crippen LogP contribution in [0.15, 0.2) is 18.2 Å². The van der Waals surface area contributed by atoms with Gasteiger partial charge >= 0.3 is 0 Å². The summed E-state index contributed by atoms with van der Waals surface area (Å²) in [6.07, 6.45) is 0. The van der Waals surface area contributed by atoms with Crippen molar-refractivity contribution in [1.82, 2.24) is 4.90 Å². The summed E-state index contributed by atoms with van der Waals surface area (Å²) in [4.78, 5) is 14.4. The highest BCUT2D eigenvalue weighted by Gasteiger charge is 2.27. The number of ether oxygens (including phenoxy) is 2. The summed E-state index contributed by atoms with van der Waals surface area (Å²) in [5, 5.41) is 0. The van der Waals surface area contributed by atoms with Crippen molar-refractivity contribution in [2.45, 2.75) is 19.9 Å². The van der Waals surface area contributed by atoms with Crippen molar-refractivity contribution >= 4 is 11.6 Å². The first-order chi connectivity index (χ1) is 9.15. The highest BCUT2D eigenvalue weighted by molar-refractivity contribution is 5.98. The van der Waals surface area contributed by atoms with Crippen LogP contribution in [0, 0.1) is 0 Å². The van der Waals surface area contributed by atoms with Crippen LogP contribution in [0.25, 0.3) is 0 Å². The fourth-order valence-electron chi connectivity index (χ4n) is 2.21. The van der Waals surface area contributed by atoms with E-state index in [1.807, 2.05) is 13.8 Å². The number of hydrogen-bond acceptors (Lipinski definition) is 4. The Morgan fingerprint density at radius 2 is 2.37 bits per heavy atom. The predicted octanol–water partition coefficient (Wildman–Crippen LogP) is 1.53. The van der Waals surface area contributed by atoms with Gasteiger partial charge in [-0.15, -0.1) is 0 Å². The van der Waals surface area contributed by atoms with Crippen LogP contribution in [0.3, 0.4) is 0 Å². The highest BCUT2D eigenvalue weighted by Crippen LogP contribution is 2.28. The van der Waals surface area contributed by atoms with E-state index in [4.69, 9.17) is 15.2 Å². The summed E-state index contributed by atoms with van der Waals surface area (Å²) in [7, 11) is 0. The average Bonchev–Trinajstić information content (AvgIpc) is 2.41. The maximum Gasteiger partial charge on any atom is 0.258 e. The van der Waals surface area contributed by atoms with Gasteiger partial charge in [-0.05, 0) is 26.0 Å². The van der Waals surface area contributed by atoms with E-state index in [2.05, 4.69) is 0 Å². The van der Waals surface area contributed by atoms with E-state index in [1.54, 1.807) is 23.1 Å². The molecule has 2 rings (SSSR count). The Balaban J connectivity index is 2.30. The topological polar surface area (TPSA) is 64.8 Å². The first-order valence-electron chi connectivity index (χ1n) is 6.55. The molecular weight excluding hydrogens is 244 g/mol. The third-order valence-corrected chi connectivity index (χ3v) is 3.19. The molecule has 1 atom stereocenters. The molecule has 104 valence electrons. The Morgan fingerprint density at radius 1 is 1.58 bits per heavy atom. The summed E-state index contributed by atoms with van der Waals surface area (Å²) < 4.78 is 10.9. The molecule has 1 heterocycles. The molecule has 1 saturated heterocycles. The Morgan fingerprint density at radius 3 is 3.05 bits per heavy atom. The largest absolute Gasteiger partial charge is 0.491 e. The molecule has 1 aromatic carbocycles. The molecule has 1 fully saturated rings. The molecule has 0 radical (unpaired) electrons. The predicted molar refractivity (Wildman–Crippen MR) is 73.3 cm³/mol.